The van der Waals surface area contributed by atoms with Crippen molar-refractivity contribution in [3.8, 4) is 22.8 Å². The number of hydrogen-bond acceptors (Lipinski definition) is 7. The number of nitrogens with two attached hydrogens (primary N) is 1. The lowest BCUT2D eigenvalue weighted by molar-refractivity contribution is -0.0370. The highest BCUT2D eigenvalue weighted by Crippen LogP contribution is 2.40. The summed E-state index contributed by atoms with van der Waals surface area (Å²) in [6, 6.07) is 17.3. The van der Waals surface area contributed by atoms with Crippen LogP contribution in [0.25, 0.3) is 22.3 Å². The molecule has 0 saturated carbocycles. The molecule has 6 rings (SSSR count). The first-order valence-corrected chi connectivity index (χ1v) is 13.9. The molecular formula is C30H34FN7O3. The second kappa shape index (κ2) is 10.6. The van der Waals surface area contributed by atoms with E-state index in [1.165, 1.54) is 11.2 Å². The number of piperidine rings is 1. The van der Waals surface area contributed by atoms with E-state index < -0.39 is 17.7 Å². The van der Waals surface area contributed by atoms with Crippen molar-refractivity contribution >= 4 is 22.9 Å². The Kier molecular flexibility index (Phi) is 6.98. The lowest BCUT2D eigenvalue weighted by Gasteiger charge is -2.49. The zero-order valence-electron chi connectivity index (χ0n) is 23.2. The van der Waals surface area contributed by atoms with E-state index in [-0.39, 0.29) is 12.0 Å². The van der Waals surface area contributed by atoms with Gasteiger partial charge in [0.15, 0.2) is 5.65 Å². The van der Waals surface area contributed by atoms with E-state index in [9.17, 15) is 4.79 Å². The fourth-order valence-corrected chi connectivity index (χ4v) is 6.13. The molecule has 4 heterocycles. The van der Waals surface area contributed by atoms with Crippen LogP contribution in [0.5, 0.6) is 11.5 Å². The van der Waals surface area contributed by atoms with E-state index in [2.05, 4.69) is 28.7 Å². The number of carboxylic acid groups (broad SMARTS) is 1. The smallest absolute Gasteiger partial charge is 0.407 e. The fraction of sp³-hybridized carbons (Fsp3) is 0.400. The van der Waals surface area contributed by atoms with Crippen molar-refractivity contribution in [1.82, 2.24) is 29.5 Å². The number of aromatic nitrogens is 4. The van der Waals surface area contributed by atoms with Crippen LogP contribution in [-0.2, 0) is 6.54 Å². The average Bonchev–Trinajstić information content (AvgIpc) is 3.27. The molecule has 2 fully saturated rings. The number of hydrogen-bond donors (Lipinski definition) is 2. The summed E-state index contributed by atoms with van der Waals surface area (Å²) < 4.78 is 23.4. The van der Waals surface area contributed by atoms with Gasteiger partial charge < -0.3 is 20.5 Å². The first-order valence-electron chi connectivity index (χ1n) is 13.9. The highest BCUT2D eigenvalue weighted by Gasteiger charge is 2.44. The highest BCUT2D eigenvalue weighted by molar-refractivity contribution is 5.98. The molecule has 0 bridgehead atoms. The normalized spacial score (nSPS) is 20.2. The standard InChI is InChI=1S/C30H34FN7O3/c1-30(2,23-12-13-36(16-24(23)31)20-14-37(15-20)29(39)40)17-38-28-25(27(32)33-18-34-28)26(35-38)19-8-10-22(11-9-19)41-21-6-4-3-5-7-21/h3-11,18,20,23-24H,12-17H2,1-2H3,(H,39,40)(H2,32,33,34)/t23-,24-/m0/s1. The Balaban J connectivity index is 1.21. The quantitative estimate of drug-likeness (QED) is 0.327. The van der Waals surface area contributed by atoms with Crippen molar-refractivity contribution < 1.29 is 19.0 Å². The predicted molar refractivity (Wildman–Crippen MR) is 153 cm³/mol. The number of rotatable bonds is 7. The zero-order valence-corrected chi connectivity index (χ0v) is 23.2. The van der Waals surface area contributed by atoms with Gasteiger partial charge in [-0.3, -0.25) is 4.90 Å². The van der Waals surface area contributed by atoms with Crippen molar-refractivity contribution in [3.05, 3.63) is 60.9 Å². The summed E-state index contributed by atoms with van der Waals surface area (Å²) in [7, 11) is 0. The van der Waals surface area contributed by atoms with Crippen LogP contribution in [0.4, 0.5) is 15.0 Å². The molecule has 2 saturated heterocycles. The first kappa shape index (κ1) is 26.9. The van der Waals surface area contributed by atoms with Gasteiger partial charge in [0.25, 0.3) is 0 Å². The Morgan fingerprint density at radius 3 is 2.46 bits per heavy atom. The summed E-state index contributed by atoms with van der Waals surface area (Å²) >= 11 is 0. The van der Waals surface area contributed by atoms with Gasteiger partial charge in [-0.05, 0) is 60.7 Å². The van der Waals surface area contributed by atoms with Gasteiger partial charge >= 0.3 is 6.09 Å². The minimum atomic E-state index is -1.03. The maximum atomic E-state index is 15.7. The van der Waals surface area contributed by atoms with Crippen LogP contribution >= 0.6 is 0 Å². The molecule has 1 amide bonds. The predicted octanol–water partition coefficient (Wildman–Crippen LogP) is 4.92. The number of halogens is 1. The molecule has 10 nitrogen and oxygen atoms in total. The number of carbonyl (C=O) groups is 1. The van der Waals surface area contributed by atoms with Crippen molar-refractivity contribution in [2.75, 3.05) is 31.9 Å². The Hall–Kier alpha value is -4.25. The monoisotopic (exact) mass is 559 g/mol. The molecular weight excluding hydrogens is 525 g/mol. The molecule has 0 spiro atoms. The Morgan fingerprint density at radius 2 is 1.78 bits per heavy atom. The largest absolute Gasteiger partial charge is 0.465 e. The summed E-state index contributed by atoms with van der Waals surface area (Å²) in [6.07, 6.45) is 0.166. The maximum Gasteiger partial charge on any atom is 0.407 e. The first-order chi connectivity index (χ1) is 19.7. The third kappa shape index (κ3) is 5.29. The van der Waals surface area contributed by atoms with Gasteiger partial charge in [0, 0.05) is 37.8 Å². The molecule has 41 heavy (non-hydrogen) atoms. The minimum absolute atomic E-state index is 0.0928. The number of nitrogens with zero attached hydrogens (tertiary/aromatic N) is 6. The number of para-hydroxylation sites is 1. The van der Waals surface area contributed by atoms with Crippen LogP contribution in [0.1, 0.15) is 20.3 Å². The molecule has 2 aromatic heterocycles. The van der Waals surface area contributed by atoms with Gasteiger partial charge in [-0.15, -0.1) is 0 Å². The van der Waals surface area contributed by atoms with Crippen LogP contribution in [0, 0.1) is 11.3 Å². The molecule has 2 aromatic carbocycles. The third-order valence-corrected chi connectivity index (χ3v) is 8.45. The number of anilines is 1. The van der Waals surface area contributed by atoms with Gasteiger partial charge in [0.2, 0.25) is 0 Å². The second-order valence-electron chi connectivity index (χ2n) is 11.6. The number of benzene rings is 2. The topological polar surface area (TPSA) is 123 Å². The summed E-state index contributed by atoms with van der Waals surface area (Å²) in [6.45, 7) is 6.54. The molecule has 2 aliphatic rings. The molecule has 0 unspecified atom stereocenters. The van der Waals surface area contributed by atoms with E-state index in [0.717, 1.165) is 17.9 Å². The van der Waals surface area contributed by atoms with E-state index in [1.807, 2.05) is 59.3 Å². The van der Waals surface area contributed by atoms with E-state index in [1.54, 1.807) is 0 Å². The average molecular weight is 560 g/mol. The van der Waals surface area contributed by atoms with Crippen LogP contribution < -0.4 is 10.5 Å². The SMILES string of the molecule is CC(C)(Cn1nc(-c2ccc(Oc3ccccc3)cc2)c2c(N)ncnc21)[C@H]1CCN(C2CN(C(=O)O)C2)C[C@@H]1F. The lowest BCUT2D eigenvalue weighted by Crippen LogP contribution is -2.63. The number of alkyl halides is 1. The van der Waals surface area contributed by atoms with E-state index in [4.69, 9.17) is 20.7 Å². The van der Waals surface area contributed by atoms with Gasteiger partial charge in [0.1, 0.15) is 35.5 Å². The van der Waals surface area contributed by atoms with Crippen LogP contribution in [0.15, 0.2) is 60.9 Å². The van der Waals surface area contributed by atoms with Gasteiger partial charge in [-0.2, -0.15) is 5.10 Å². The minimum Gasteiger partial charge on any atom is -0.465 e. The number of nitrogen functional groups attached to an aromatic ring is 1. The summed E-state index contributed by atoms with van der Waals surface area (Å²) in [5.74, 6) is 1.60. The fourth-order valence-electron chi connectivity index (χ4n) is 6.13. The van der Waals surface area contributed by atoms with Gasteiger partial charge in [0.05, 0.1) is 5.39 Å². The summed E-state index contributed by atoms with van der Waals surface area (Å²) in [4.78, 5) is 23.3. The Labute approximate surface area is 237 Å². The molecule has 2 aliphatic heterocycles. The molecule has 0 radical (unpaired) electrons. The zero-order chi connectivity index (χ0) is 28.7. The molecule has 214 valence electrons. The van der Waals surface area contributed by atoms with Crippen molar-refractivity contribution in [2.24, 2.45) is 11.3 Å². The van der Waals surface area contributed by atoms with Crippen LogP contribution in [0.2, 0.25) is 0 Å². The van der Waals surface area contributed by atoms with Crippen molar-refractivity contribution in [1.29, 1.82) is 0 Å². The number of ether oxygens (including phenoxy) is 1. The van der Waals surface area contributed by atoms with Crippen molar-refractivity contribution in [3.63, 3.8) is 0 Å². The summed E-state index contributed by atoms with van der Waals surface area (Å²) in [5, 5.41) is 14.7. The second-order valence-corrected chi connectivity index (χ2v) is 11.6. The molecule has 11 heteroatoms. The molecule has 0 aliphatic carbocycles. The van der Waals surface area contributed by atoms with Crippen molar-refractivity contribution in [2.45, 2.75) is 39.0 Å². The van der Waals surface area contributed by atoms with E-state index in [0.29, 0.717) is 60.9 Å². The van der Waals surface area contributed by atoms with Gasteiger partial charge in [-0.1, -0.05) is 32.0 Å². The van der Waals surface area contributed by atoms with Crippen LogP contribution in [0.3, 0.4) is 0 Å². The van der Waals surface area contributed by atoms with Gasteiger partial charge in [-0.25, -0.2) is 23.8 Å². The third-order valence-electron chi connectivity index (χ3n) is 8.45. The van der Waals surface area contributed by atoms with Crippen LogP contribution in [-0.4, -0.2) is 79.1 Å². The highest BCUT2D eigenvalue weighted by atomic mass is 19.1. The molecule has 3 N–H and O–H groups in total. The number of amides is 1. The molecule has 4 aromatic rings. The molecule has 2 atom stereocenters. The summed E-state index contributed by atoms with van der Waals surface area (Å²) in [5.41, 5.74) is 8.02. The number of fused-ring (bicyclic) bond motifs is 1. The number of likely N-dealkylation sites (tertiary alicyclic amines) is 2. The Morgan fingerprint density at radius 1 is 1.07 bits per heavy atom. The lowest BCUT2D eigenvalue weighted by atomic mass is 9.72. The maximum absolute atomic E-state index is 15.7. The Bertz CT molecular complexity index is 1540. The van der Waals surface area contributed by atoms with E-state index >= 15 is 4.39 Å².